The van der Waals surface area contributed by atoms with Crippen LogP contribution in [0.15, 0.2) is 48.7 Å². The van der Waals surface area contributed by atoms with Gasteiger partial charge in [-0.2, -0.15) is 0 Å². The van der Waals surface area contributed by atoms with Gasteiger partial charge < -0.3 is 5.11 Å². The highest BCUT2D eigenvalue weighted by Gasteiger charge is 2.31. The zero-order valence-corrected chi connectivity index (χ0v) is 17.5. The Morgan fingerprint density at radius 1 is 1.03 bits per heavy atom. The molecule has 29 heavy (non-hydrogen) atoms. The molecule has 0 spiro atoms. The molecule has 4 nitrogen and oxygen atoms in total. The summed E-state index contributed by atoms with van der Waals surface area (Å²) in [5.41, 5.74) is 4.09. The Kier molecular flexibility index (Phi) is 7.31. The molecule has 4 heteroatoms. The first-order chi connectivity index (χ1) is 14.3. The standard InChI is InChI=1S/C25H35N3O/c29-15-5-14-28(20-25-6-1-2-11-26-25)19-22-16-24(17-22)23-9-7-21(8-10-23)18-27-12-3-4-13-27/h1-2,6-11,22,24,29H,3-5,12-20H2. The third-order valence-electron chi connectivity index (χ3n) is 6.55. The van der Waals surface area contributed by atoms with E-state index in [1.165, 1.54) is 49.9 Å². The summed E-state index contributed by atoms with van der Waals surface area (Å²) in [5.74, 6) is 1.47. The quantitative estimate of drug-likeness (QED) is 0.661. The lowest BCUT2D eigenvalue weighted by molar-refractivity contribution is 0.142. The Morgan fingerprint density at radius 3 is 2.52 bits per heavy atom. The van der Waals surface area contributed by atoms with Crippen LogP contribution in [0.5, 0.6) is 0 Å². The molecular weight excluding hydrogens is 358 g/mol. The second-order valence-corrected chi connectivity index (χ2v) is 8.89. The number of hydrogen-bond donors (Lipinski definition) is 1. The number of rotatable bonds is 10. The van der Waals surface area contributed by atoms with Crippen LogP contribution < -0.4 is 0 Å². The molecule has 1 saturated heterocycles. The third-order valence-corrected chi connectivity index (χ3v) is 6.55. The topological polar surface area (TPSA) is 39.6 Å². The molecule has 0 unspecified atom stereocenters. The Labute approximate surface area is 175 Å². The number of aliphatic hydroxyl groups is 1. The van der Waals surface area contributed by atoms with Gasteiger partial charge in [0.2, 0.25) is 0 Å². The van der Waals surface area contributed by atoms with Crippen molar-refractivity contribution in [2.24, 2.45) is 5.92 Å². The summed E-state index contributed by atoms with van der Waals surface area (Å²) in [4.78, 5) is 9.51. The summed E-state index contributed by atoms with van der Waals surface area (Å²) in [6, 6.07) is 15.5. The van der Waals surface area contributed by atoms with Gasteiger partial charge in [-0.1, -0.05) is 30.3 Å². The van der Waals surface area contributed by atoms with Gasteiger partial charge in [0.05, 0.1) is 5.69 Å². The molecule has 156 valence electrons. The number of pyridine rings is 1. The fourth-order valence-corrected chi connectivity index (χ4v) is 4.87. The number of hydrogen-bond acceptors (Lipinski definition) is 4. The van der Waals surface area contributed by atoms with E-state index in [4.69, 9.17) is 0 Å². The van der Waals surface area contributed by atoms with Crippen LogP contribution in [0.4, 0.5) is 0 Å². The monoisotopic (exact) mass is 393 g/mol. The molecule has 1 aromatic heterocycles. The van der Waals surface area contributed by atoms with Crippen LogP contribution in [-0.4, -0.2) is 52.7 Å². The summed E-state index contributed by atoms with van der Waals surface area (Å²) in [6.07, 6.45) is 7.98. The van der Waals surface area contributed by atoms with Gasteiger partial charge in [-0.15, -0.1) is 0 Å². The van der Waals surface area contributed by atoms with E-state index < -0.39 is 0 Å². The molecule has 2 aliphatic rings. The summed E-state index contributed by atoms with van der Waals surface area (Å²) in [5, 5.41) is 9.24. The fraction of sp³-hybridized carbons (Fsp3) is 0.560. The Bertz CT molecular complexity index is 721. The van der Waals surface area contributed by atoms with Gasteiger partial charge in [-0.25, -0.2) is 0 Å². The molecule has 0 amide bonds. The van der Waals surface area contributed by atoms with Gasteiger partial charge in [-0.3, -0.25) is 14.8 Å². The first-order valence-electron chi connectivity index (χ1n) is 11.3. The minimum atomic E-state index is 0.260. The maximum absolute atomic E-state index is 9.24. The van der Waals surface area contributed by atoms with Crippen molar-refractivity contribution in [2.75, 3.05) is 32.8 Å². The molecule has 1 aromatic carbocycles. The predicted molar refractivity (Wildman–Crippen MR) is 118 cm³/mol. The van der Waals surface area contributed by atoms with Gasteiger partial charge in [-0.05, 0) is 80.3 Å². The van der Waals surface area contributed by atoms with Gasteiger partial charge in [0, 0.05) is 39.0 Å². The lowest BCUT2D eigenvalue weighted by Gasteiger charge is -2.39. The van der Waals surface area contributed by atoms with E-state index in [1.807, 2.05) is 12.3 Å². The normalized spacial score (nSPS) is 22.1. The van der Waals surface area contributed by atoms with Crippen molar-refractivity contribution in [3.05, 3.63) is 65.5 Å². The number of aromatic nitrogens is 1. The van der Waals surface area contributed by atoms with E-state index >= 15 is 0 Å². The summed E-state index contributed by atoms with van der Waals surface area (Å²) < 4.78 is 0. The molecule has 2 heterocycles. The van der Waals surface area contributed by atoms with Crippen LogP contribution in [-0.2, 0) is 13.1 Å². The van der Waals surface area contributed by atoms with E-state index in [0.29, 0.717) is 0 Å². The number of aliphatic hydroxyl groups excluding tert-OH is 1. The molecular formula is C25H35N3O. The van der Waals surface area contributed by atoms with Gasteiger partial charge in [0.15, 0.2) is 0 Å². The molecule has 1 aliphatic heterocycles. The largest absolute Gasteiger partial charge is 0.396 e. The highest BCUT2D eigenvalue weighted by atomic mass is 16.3. The van der Waals surface area contributed by atoms with E-state index in [-0.39, 0.29) is 6.61 Å². The average Bonchev–Trinajstić information content (AvgIpc) is 3.23. The van der Waals surface area contributed by atoms with Crippen LogP contribution in [0.2, 0.25) is 0 Å². The highest BCUT2D eigenvalue weighted by molar-refractivity contribution is 5.27. The Balaban J connectivity index is 1.25. The first-order valence-corrected chi connectivity index (χ1v) is 11.3. The molecule has 1 saturated carbocycles. The van der Waals surface area contributed by atoms with E-state index in [0.717, 1.165) is 50.1 Å². The molecule has 0 atom stereocenters. The lowest BCUT2D eigenvalue weighted by atomic mass is 9.71. The molecule has 1 N–H and O–H groups in total. The highest BCUT2D eigenvalue weighted by Crippen LogP contribution is 2.42. The summed E-state index contributed by atoms with van der Waals surface area (Å²) >= 11 is 0. The van der Waals surface area contributed by atoms with Gasteiger partial charge >= 0.3 is 0 Å². The number of nitrogens with zero attached hydrogens (tertiary/aromatic N) is 3. The smallest absolute Gasteiger partial charge is 0.0543 e. The van der Waals surface area contributed by atoms with E-state index in [9.17, 15) is 5.11 Å². The Morgan fingerprint density at radius 2 is 1.83 bits per heavy atom. The van der Waals surface area contributed by atoms with Crippen molar-refractivity contribution in [3.63, 3.8) is 0 Å². The minimum absolute atomic E-state index is 0.260. The third kappa shape index (κ3) is 5.88. The SMILES string of the molecule is OCCCN(Cc1ccccn1)CC1CC(c2ccc(CN3CCCC3)cc2)C1. The van der Waals surface area contributed by atoms with Crippen molar-refractivity contribution in [2.45, 2.75) is 51.1 Å². The number of likely N-dealkylation sites (tertiary alicyclic amines) is 1. The van der Waals surface area contributed by atoms with E-state index in [2.05, 4.69) is 51.2 Å². The number of benzene rings is 1. The van der Waals surface area contributed by atoms with Gasteiger partial charge in [0.25, 0.3) is 0 Å². The van der Waals surface area contributed by atoms with Gasteiger partial charge in [0.1, 0.15) is 0 Å². The van der Waals surface area contributed by atoms with Crippen LogP contribution >= 0.6 is 0 Å². The first kappa shape index (κ1) is 20.5. The molecule has 2 aromatic rings. The van der Waals surface area contributed by atoms with Crippen molar-refractivity contribution < 1.29 is 5.11 Å². The van der Waals surface area contributed by atoms with Crippen LogP contribution in [0.25, 0.3) is 0 Å². The predicted octanol–water partition coefficient (Wildman–Crippen LogP) is 4.06. The van der Waals surface area contributed by atoms with Crippen LogP contribution in [0.1, 0.15) is 54.8 Å². The molecule has 0 bridgehead atoms. The Hall–Kier alpha value is -1.75. The van der Waals surface area contributed by atoms with Crippen LogP contribution in [0, 0.1) is 5.92 Å². The second-order valence-electron chi connectivity index (χ2n) is 8.89. The molecule has 4 rings (SSSR count). The lowest BCUT2D eigenvalue weighted by Crippen LogP contribution is -2.36. The minimum Gasteiger partial charge on any atom is -0.396 e. The molecule has 2 fully saturated rings. The molecule has 0 radical (unpaired) electrons. The zero-order valence-electron chi connectivity index (χ0n) is 17.5. The van der Waals surface area contributed by atoms with E-state index in [1.54, 1.807) is 0 Å². The second kappa shape index (κ2) is 10.3. The fourth-order valence-electron chi connectivity index (χ4n) is 4.87. The summed E-state index contributed by atoms with van der Waals surface area (Å²) in [7, 11) is 0. The van der Waals surface area contributed by atoms with Crippen molar-refractivity contribution in [1.82, 2.24) is 14.8 Å². The van der Waals surface area contributed by atoms with Crippen LogP contribution in [0.3, 0.4) is 0 Å². The zero-order chi connectivity index (χ0) is 19.9. The molecule has 1 aliphatic carbocycles. The maximum atomic E-state index is 9.24. The van der Waals surface area contributed by atoms with Crippen molar-refractivity contribution in [1.29, 1.82) is 0 Å². The van der Waals surface area contributed by atoms with Crippen molar-refractivity contribution in [3.8, 4) is 0 Å². The summed E-state index contributed by atoms with van der Waals surface area (Å²) in [6.45, 7) is 6.83. The maximum Gasteiger partial charge on any atom is 0.0543 e. The van der Waals surface area contributed by atoms with Crippen molar-refractivity contribution >= 4 is 0 Å². The average molecular weight is 394 g/mol.